The second-order valence-corrected chi connectivity index (χ2v) is 6.00. The van der Waals surface area contributed by atoms with Crippen molar-refractivity contribution in [1.82, 2.24) is 4.90 Å². The monoisotopic (exact) mass is 346 g/mol. The summed E-state index contributed by atoms with van der Waals surface area (Å²) in [6.45, 7) is 0.555. The van der Waals surface area contributed by atoms with Crippen molar-refractivity contribution in [2.24, 2.45) is 10.7 Å². The standard InChI is InChI=1S/C18H23ClN4O/c1-23(2)16(13-7-5-4-6-8-13)12-21-18(20)22-14-9-10-17(24-3)15(19)11-14/h4-11,16H,12H2,1-3H3,(H3,20,21,22). The third-order valence-corrected chi connectivity index (χ3v) is 3.96. The maximum atomic E-state index is 6.11. The van der Waals surface area contributed by atoms with Crippen molar-refractivity contribution < 1.29 is 4.74 Å². The van der Waals surface area contributed by atoms with Gasteiger partial charge in [0.05, 0.1) is 24.7 Å². The minimum Gasteiger partial charge on any atom is -0.495 e. The van der Waals surface area contributed by atoms with E-state index in [0.29, 0.717) is 23.3 Å². The maximum absolute atomic E-state index is 6.11. The summed E-state index contributed by atoms with van der Waals surface area (Å²) in [6, 6.07) is 15.8. The number of halogens is 1. The van der Waals surface area contributed by atoms with E-state index < -0.39 is 0 Å². The largest absolute Gasteiger partial charge is 0.495 e. The predicted octanol–water partition coefficient (Wildman–Crippen LogP) is 3.38. The number of rotatable bonds is 6. The van der Waals surface area contributed by atoms with Crippen LogP contribution in [0.1, 0.15) is 11.6 Å². The fraction of sp³-hybridized carbons (Fsp3) is 0.278. The molecule has 0 amide bonds. The summed E-state index contributed by atoms with van der Waals surface area (Å²) >= 11 is 6.11. The van der Waals surface area contributed by atoms with E-state index in [4.69, 9.17) is 22.1 Å². The number of anilines is 1. The molecule has 0 aromatic heterocycles. The summed E-state index contributed by atoms with van der Waals surface area (Å²) in [6.07, 6.45) is 0. The van der Waals surface area contributed by atoms with Crippen LogP contribution in [0, 0.1) is 0 Å². The van der Waals surface area contributed by atoms with E-state index in [2.05, 4.69) is 27.3 Å². The number of hydrogen-bond acceptors (Lipinski definition) is 3. The van der Waals surface area contributed by atoms with Crippen LogP contribution in [0.3, 0.4) is 0 Å². The first-order valence-electron chi connectivity index (χ1n) is 7.63. The van der Waals surface area contributed by atoms with Crippen molar-refractivity contribution in [3.8, 4) is 5.75 Å². The Labute approximate surface area is 148 Å². The summed E-state index contributed by atoms with van der Waals surface area (Å²) in [5, 5.41) is 3.57. The predicted molar refractivity (Wildman–Crippen MR) is 101 cm³/mol. The third kappa shape index (κ3) is 4.88. The van der Waals surface area contributed by atoms with Gasteiger partial charge in [0.25, 0.3) is 0 Å². The molecule has 1 atom stereocenters. The number of methoxy groups -OCH3 is 1. The topological polar surface area (TPSA) is 62.9 Å². The minimum absolute atomic E-state index is 0.158. The van der Waals surface area contributed by atoms with E-state index in [1.807, 2.05) is 38.4 Å². The number of nitrogens with one attached hydrogen (secondary N) is 1. The molecule has 2 rings (SSSR count). The normalized spacial score (nSPS) is 13.0. The minimum atomic E-state index is 0.158. The van der Waals surface area contributed by atoms with Crippen LogP contribution in [0.25, 0.3) is 0 Å². The first kappa shape index (κ1) is 18.1. The van der Waals surface area contributed by atoms with Crippen molar-refractivity contribution in [2.75, 3.05) is 33.1 Å². The van der Waals surface area contributed by atoms with Gasteiger partial charge in [0.15, 0.2) is 5.96 Å². The Morgan fingerprint density at radius 2 is 1.96 bits per heavy atom. The number of nitrogens with two attached hydrogens (primary N) is 1. The lowest BCUT2D eigenvalue weighted by atomic mass is 10.1. The van der Waals surface area contributed by atoms with Crippen LogP contribution in [-0.2, 0) is 0 Å². The number of ether oxygens (including phenoxy) is 1. The molecule has 128 valence electrons. The van der Waals surface area contributed by atoms with Crippen molar-refractivity contribution in [1.29, 1.82) is 0 Å². The molecular formula is C18H23ClN4O. The molecule has 6 heteroatoms. The molecule has 0 saturated carbocycles. The quantitative estimate of drug-likeness (QED) is 0.621. The van der Waals surface area contributed by atoms with Gasteiger partial charge < -0.3 is 20.7 Å². The average molecular weight is 347 g/mol. The van der Waals surface area contributed by atoms with E-state index in [9.17, 15) is 0 Å². The van der Waals surface area contributed by atoms with Crippen LogP contribution in [0.5, 0.6) is 5.75 Å². The highest BCUT2D eigenvalue weighted by Gasteiger charge is 2.13. The molecule has 0 heterocycles. The molecule has 2 aromatic rings. The highest BCUT2D eigenvalue weighted by Crippen LogP contribution is 2.27. The Morgan fingerprint density at radius 3 is 2.54 bits per heavy atom. The van der Waals surface area contributed by atoms with Crippen LogP contribution in [0.15, 0.2) is 53.5 Å². The molecule has 0 aliphatic carbocycles. The molecule has 0 radical (unpaired) electrons. The van der Waals surface area contributed by atoms with E-state index in [0.717, 1.165) is 5.69 Å². The Kier molecular flexibility index (Phi) is 6.46. The molecule has 5 nitrogen and oxygen atoms in total. The van der Waals surface area contributed by atoms with E-state index >= 15 is 0 Å². The summed E-state index contributed by atoms with van der Waals surface area (Å²) in [5.41, 5.74) is 7.97. The van der Waals surface area contributed by atoms with E-state index in [1.165, 1.54) is 5.56 Å². The van der Waals surface area contributed by atoms with Crippen LogP contribution >= 0.6 is 11.6 Å². The number of benzene rings is 2. The van der Waals surface area contributed by atoms with Gasteiger partial charge in [-0.25, -0.2) is 0 Å². The van der Waals surface area contributed by atoms with Gasteiger partial charge in [0.1, 0.15) is 5.75 Å². The van der Waals surface area contributed by atoms with Gasteiger partial charge in [-0.1, -0.05) is 41.9 Å². The number of guanidine groups is 1. The molecule has 0 spiro atoms. The van der Waals surface area contributed by atoms with Crippen LogP contribution in [0.4, 0.5) is 5.69 Å². The Hall–Kier alpha value is -2.24. The Bertz CT molecular complexity index is 689. The summed E-state index contributed by atoms with van der Waals surface area (Å²) in [7, 11) is 5.63. The smallest absolute Gasteiger partial charge is 0.193 e. The lowest BCUT2D eigenvalue weighted by Crippen LogP contribution is -2.27. The lowest BCUT2D eigenvalue weighted by Gasteiger charge is -2.23. The zero-order chi connectivity index (χ0) is 17.5. The maximum Gasteiger partial charge on any atom is 0.193 e. The number of likely N-dealkylation sites (N-methyl/N-ethyl adjacent to an activating group) is 1. The lowest BCUT2D eigenvalue weighted by molar-refractivity contribution is 0.306. The molecule has 3 N–H and O–H groups in total. The highest BCUT2D eigenvalue weighted by molar-refractivity contribution is 6.32. The first-order valence-corrected chi connectivity index (χ1v) is 8.01. The molecule has 0 fully saturated rings. The first-order chi connectivity index (χ1) is 11.5. The third-order valence-electron chi connectivity index (χ3n) is 3.67. The van der Waals surface area contributed by atoms with Crippen LogP contribution in [0.2, 0.25) is 5.02 Å². The number of nitrogens with zero attached hydrogens (tertiary/aromatic N) is 2. The van der Waals surface area contributed by atoms with E-state index in [-0.39, 0.29) is 6.04 Å². The molecule has 0 aliphatic heterocycles. The second kappa shape index (κ2) is 8.57. The van der Waals surface area contributed by atoms with E-state index in [1.54, 1.807) is 19.2 Å². The number of hydrogen-bond donors (Lipinski definition) is 2. The van der Waals surface area contributed by atoms with Crippen LogP contribution < -0.4 is 15.8 Å². The Balaban J connectivity index is 2.05. The van der Waals surface area contributed by atoms with Gasteiger partial charge in [-0.3, -0.25) is 4.99 Å². The number of aliphatic imine (C=N–C) groups is 1. The molecule has 0 aliphatic rings. The molecule has 0 bridgehead atoms. The van der Waals surface area contributed by atoms with Gasteiger partial charge in [-0.15, -0.1) is 0 Å². The van der Waals surface area contributed by atoms with Crippen LogP contribution in [-0.4, -0.2) is 38.6 Å². The van der Waals surface area contributed by atoms with Crippen molar-refractivity contribution in [2.45, 2.75) is 6.04 Å². The van der Waals surface area contributed by atoms with Crippen molar-refractivity contribution in [3.05, 3.63) is 59.1 Å². The Morgan fingerprint density at radius 1 is 1.25 bits per heavy atom. The molecule has 24 heavy (non-hydrogen) atoms. The zero-order valence-corrected chi connectivity index (χ0v) is 14.9. The summed E-state index contributed by atoms with van der Waals surface area (Å²) in [4.78, 5) is 6.58. The van der Waals surface area contributed by atoms with Crippen molar-refractivity contribution >= 4 is 23.2 Å². The van der Waals surface area contributed by atoms with Crippen molar-refractivity contribution in [3.63, 3.8) is 0 Å². The van der Waals surface area contributed by atoms with Gasteiger partial charge >= 0.3 is 0 Å². The fourth-order valence-corrected chi connectivity index (χ4v) is 2.62. The van der Waals surface area contributed by atoms with Gasteiger partial charge in [0.2, 0.25) is 0 Å². The second-order valence-electron chi connectivity index (χ2n) is 5.59. The average Bonchev–Trinajstić information content (AvgIpc) is 2.56. The molecular weight excluding hydrogens is 324 g/mol. The molecule has 0 saturated heterocycles. The van der Waals surface area contributed by atoms with Gasteiger partial charge in [0, 0.05) is 5.69 Å². The highest BCUT2D eigenvalue weighted by atomic mass is 35.5. The summed E-state index contributed by atoms with van der Waals surface area (Å²) < 4.78 is 5.13. The van der Waals surface area contributed by atoms with Gasteiger partial charge in [-0.05, 0) is 37.9 Å². The summed E-state index contributed by atoms with van der Waals surface area (Å²) in [5.74, 6) is 0.966. The SMILES string of the molecule is COc1ccc(NC(N)=NCC(c2ccccc2)N(C)C)cc1Cl. The zero-order valence-electron chi connectivity index (χ0n) is 14.2. The fourth-order valence-electron chi connectivity index (χ4n) is 2.36. The van der Waals surface area contributed by atoms with Gasteiger partial charge in [-0.2, -0.15) is 0 Å². The molecule has 2 aromatic carbocycles. The molecule has 1 unspecified atom stereocenters.